The molecule has 1 atom stereocenters. The van der Waals surface area contributed by atoms with E-state index in [1.165, 1.54) is 0 Å². The van der Waals surface area contributed by atoms with Crippen molar-refractivity contribution in [3.63, 3.8) is 0 Å². The summed E-state index contributed by atoms with van der Waals surface area (Å²) in [4.78, 5) is 10.8. The number of hydrogen-bond donors (Lipinski definition) is 3. The second-order valence-electron chi connectivity index (χ2n) is 3.07. The molecule has 0 aromatic carbocycles. The molecule has 0 radical (unpaired) electrons. The molecule has 0 heterocycles. The van der Waals surface area contributed by atoms with E-state index in [0.717, 1.165) is 0 Å². The van der Waals surface area contributed by atoms with Crippen LogP contribution in [0.25, 0.3) is 0 Å². The molecule has 0 spiro atoms. The van der Waals surface area contributed by atoms with Gasteiger partial charge in [-0.1, -0.05) is 0 Å². The molecule has 0 aliphatic carbocycles. The van der Waals surface area contributed by atoms with Crippen LogP contribution in [0.4, 0.5) is 0 Å². The highest BCUT2D eigenvalue weighted by atomic mass is 16.5. The minimum atomic E-state index is -0.424. The first-order valence-corrected chi connectivity index (χ1v) is 4.79. The van der Waals surface area contributed by atoms with Crippen LogP contribution in [0.1, 0.15) is 12.8 Å². The Morgan fingerprint density at radius 2 is 2.21 bits per heavy atom. The number of aliphatic hydroxyl groups excluding tert-OH is 1. The third-order valence-electron chi connectivity index (χ3n) is 1.82. The molecule has 0 aromatic heterocycles. The molecule has 84 valence electrons. The van der Waals surface area contributed by atoms with Gasteiger partial charge in [-0.15, -0.1) is 0 Å². The first kappa shape index (κ1) is 13.4. The van der Waals surface area contributed by atoms with Crippen molar-refractivity contribution in [2.75, 3.05) is 33.9 Å². The Morgan fingerprint density at radius 3 is 2.79 bits per heavy atom. The van der Waals surface area contributed by atoms with E-state index >= 15 is 0 Å². The molecule has 0 aliphatic heterocycles. The summed E-state index contributed by atoms with van der Waals surface area (Å²) in [6.45, 7) is 1.69. The SMILES string of the molecule is CNC(=O)CCNCCC(O)COC. The average Bonchev–Trinajstić information content (AvgIpc) is 2.17. The lowest BCUT2D eigenvalue weighted by atomic mass is 10.2. The summed E-state index contributed by atoms with van der Waals surface area (Å²) in [7, 11) is 3.17. The summed E-state index contributed by atoms with van der Waals surface area (Å²) in [5.41, 5.74) is 0. The predicted octanol–water partition coefficient (Wildman–Crippen LogP) is -0.890. The number of carbonyl (C=O) groups is 1. The third-order valence-corrected chi connectivity index (χ3v) is 1.82. The molecule has 14 heavy (non-hydrogen) atoms. The van der Waals surface area contributed by atoms with Gasteiger partial charge in [-0.25, -0.2) is 0 Å². The first-order chi connectivity index (χ1) is 6.70. The Balaban J connectivity index is 3.17. The molecule has 5 heteroatoms. The molecule has 3 N–H and O–H groups in total. The van der Waals surface area contributed by atoms with Crippen LogP contribution < -0.4 is 10.6 Å². The van der Waals surface area contributed by atoms with Crippen molar-refractivity contribution < 1.29 is 14.6 Å². The summed E-state index contributed by atoms with van der Waals surface area (Å²) in [5, 5.41) is 14.9. The summed E-state index contributed by atoms with van der Waals surface area (Å²) >= 11 is 0. The van der Waals surface area contributed by atoms with Gasteiger partial charge in [0.15, 0.2) is 0 Å². The Bertz CT molecular complexity index is 153. The van der Waals surface area contributed by atoms with Crippen molar-refractivity contribution in [1.82, 2.24) is 10.6 Å². The zero-order chi connectivity index (χ0) is 10.8. The van der Waals surface area contributed by atoms with E-state index in [2.05, 4.69) is 10.6 Å². The van der Waals surface area contributed by atoms with Gasteiger partial charge in [-0.2, -0.15) is 0 Å². The van der Waals surface area contributed by atoms with Crippen LogP contribution in [0.3, 0.4) is 0 Å². The summed E-state index contributed by atoms with van der Waals surface area (Å²) in [6.07, 6.45) is 0.686. The fraction of sp³-hybridized carbons (Fsp3) is 0.889. The lowest BCUT2D eigenvalue weighted by Gasteiger charge is -2.09. The van der Waals surface area contributed by atoms with Crippen molar-refractivity contribution in [3.05, 3.63) is 0 Å². The van der Waals surface area contributed by atoms with Crippen LogP contribution in [0, 0.1) is 0 Å². The number of carbonyl (C=O) groups excluding carboxylic acids is 1. The minimum Gasteiger partial charge on any atom is -0.391 e. The maximum Gasteiger partial charge on any atom is 0.221 e. The van der Waals surface area contributed by atoms with E-state index in [1.807, 2.05) is 0 Å². The maximum absolute atomic E-state index is 10.8. The number of nitrogens with one attached hydrogen (secondary N) is 2. The molecule has 5 nitrogen and oxygen atoms in total. The van der Waals surface area contributed by atoms with Gasteiger partial charge >= 0.3 is 0 Å². The highest BCUT2D eigenvalue weighted by molar-refractivity contribution is 5.75. The quantitative estimate of drug-likeness (QED) is 0.449. The molecule has 0 aliphatic rings. The van der Waals surface area contributed by atoms with Crippen molar-refractivity contribution >= 4 is 5.91 Å². The average molecular weight is 204 g/mol. The van der Waals surface area contributed by atoms with Crippen LogP contribution in [0.2, 0.25) is 0 Å². The van der Waals surface area contributed by atoms with Crippen LogP contribution in [-0.4, -0.2) is 51.0 Å². The van der Waals surface area contributed by atoms with Crippen molar-refractivity contribution in [2.24, 2.45) is 0 Å². The van der Waals surface area contributed by atoms with Crippen LogP contribution in [0.5, 0.6) is 0 Å². The van der Waals surface area contributed by atoms with E-state index < -0.39 is 6.10 Å². The van der Waals surface area contributed by atoms with Gasteiger partial charge in [0.25, 0.3) is 0 Å². The van der Waals surface area contributed by atoms with E-state index in [9.17, 15) is 9.90 Å². The molecule has 0 rings (SSSR count). The first-order valence-electron chi connectivity index (χ1n) is 4.79. The fourth-order valence-electron chi connectivity index (χ4n) is 0.996. The summed E-state index contributed by atoms with van der Waals surface area (Å²) in [6, 6.07) is 0. The van der Waals surface area contributed by atoms with Crippen molar-refractivity contribution in [3.8, 4) is 0 Å². The number of amides is 1. The van der Waals surface area contributed by atoms with Crippen molar-refractivity contribution in [2.45, 2.75) is 18.9 Å². The molecule has 0 bridgehead atoms. The van der Waals surface area contributed by atoms with E-state index in [0.29, 0.717) is 32.5 Å². The Morgan fingerprint density at radius 1 is 1.50 bits per heavy atom. The number of rotatable bonds is 8. The summed E-state index contributed by atoms with van der Waals surface area (Å²) < 4.78 is 4.77. The van der Waals surface area contributed by atoms with Gasteiger partial charge in [0.2, 0.25) is 5.91 Å². The van der Waals surface area contributed by atoms with Crippen LogP contribution >= 0.6 is 0 Å². The van der Waals surface area contributed by atoms with Gasteiger partial charge in [-0.05, 0) is 13.0 Å². The molecular formula is C9H20N2O3. The molecular weight excluding hydrogens is 184 g/mol. The number of methoxy groups -OCH3 is 1. The molecule has 0 saturated heterocycles. The third kappa shape index (κ3) is 7.97. The van der Waals surface area contributed by atoms with Gasteiger partial charge < -0.3 is 20.5 Å². The van der Waals surface area contributed by atoms with Crippen molar-refractivity contribution in [1.29, 1.82) is 0 Å². The van der Waals surface area contributed by atoms with Crippen LogP contribution in [-0.2, 0) is 9.53 Å². The van der Waals surface area contributed by atoms with E-state index in [-0.39, 0.29) is 5.91 Å². The second kappa shape index (κ2) is 8.93. The highest BCUT2D eigenvalue weighted by Crippen LogP contribution is 1.89. The predicted molar refractivity (Wildman–Crippen MR) is 54.1 cm³/mol. The second-order valence-corrected chi connectivity index (χ2v) is 3.07. The van der Waals surface area contributed by atoms with Gasteiger partial charge in [0.05, 0.1) is 12.7 Å². The number of hydrogen-bond acceptors (Lipinski definition) is 4. The molecule has 1 unspecified atom stereocenters. The zero-order valence-electron chi connectivity index (χ0n) is 8.88. The molecule has 1 amide bonds. The van der Waals surface area contributed by atoms with E-state index in [1.54, 1.807) is 14.2 Å². The lowest BCUT2D eigenvalue weighted by molar-refractivity contribution is -0.120. The molecule has 0 aromatic rings. The Kier molecular flexibility index (Phi) is 8.51. The number of ether oxygens (including phenoxy) is 1. The largest absolute Gasteiger partial charge is 0.391 e. The van der Waals surface area contributed by atoms with Gasteiger partial charge in [0.1, 0.15) is 0 Å². The highest BCUT2D eigenvalue weighted by Gasteiger charge is 2.02. The standard InChI is InChI=1S/C9H20N2O3/c1-10-9(13)4-6-11-5-3-8(12)7-14-2/h8,11-12H,3-7H2,1-2H3,(H,10,13). The molecule has 0 saturated carbocycles. The van der Waals surface area contributed by atoms with Gasteiger partial charge in [-0.3, -0.25) is 4.79 Å². The van der Waals surface area contributed by atoms with E-state index in [4.69, 9.17) is 4.74 Å². The lowest BCUT2D eigenvalue weighted by Crippen LogP contribution is -2.27. The summed E-state index contributed by atoms with van der Waals surface area (Å²) in [5.74, 6) is 0.0231. The monoisotopic (exact) mass is 204 g/mol. The zero-order valence-corrected chi connectivity index (χ0v) is 8.88. The Labute approximate surface area is 84.8 Å². The molecule has 0 fully saturated rings. The smallest absolute Gasteiger partial charge is 0.221 e. The normalized spacial score (nSPS) is 12.5. The Hall–Kier alpha value is -0.650. The van der Waals surface area contributed by atoms with Gasteiger partial charge in [0, 0.05) is 27.1 Å². The maximum atomic E-state index is 10.8. The van der Waals surface area contributed by atoms with Crippen LogP contribution in [0.15, 0.2) is 0 Å². The topological polar surface area (TPSA) is 70.6 Å². The minimum absolute atomic E-state index is 0.0231. The fourth-order valence-corrected chi connectivity index (χ4v) is 0.996. The number of aliphatic hydroxyl groups is 1.